The van der Waals surface area contributed by atoms with Gasteiger partial charge >= 0.3 is 0 Å². The third kappa shape index (κ3) is 4.57. The Morgan fingerprint density at radius 3 is 2.54 bits per heavy atom. The van der Waals surface area contributed by atoms with Crippen molar-refractivity contribution >= 4 is 15.7 Å². The molecule has 2 aromatic carbocycles. The molecule has 1 aliphatic rings. The van der Waals surface area contributed by atoms with Gasteiger partial charge in [0.1, 0.15) is 16.4 Å². The van der Waals surface area contributed by atoms with E-state index in [4.69, 9.17) is 14.2 Å². The Morgan fingerprint density at radius 2 is 1.89 bits per heavy atom. The number of rotatable bonds is 7. The van der Waals surface area contributed by atoms with Crippen LogP contribution >= 0.6 is 0 Å². The molecule has 0 radical (unpaired) electrons. The van der Waals surface area contributed by atoms with E-state index in [1.54, 1.807) is 24.3 Å². The van der Waals surface area contributed by atoms with Crippen LogP contribution in [0.4, 0.5) is 5.69 Å². The number of benzene rings is 2. The summed E-state index contributed by atoms with van der Waals surface area (Å²) < 4.78 is 44.5. The highest BCUT2D eigenvalue weighted by Gasteiger charge is 2.23. The fourth-order valence-corrected chi connectivity index (χ4v) is 4.41. The molecule has 28 heavy (non-hydrogen) atoms. The zero-order chi connectivity index (χ0) is 20.1. The van der Waals surface area contributed by atoms with Gasteiger partial charge in [-0.25, -0.2) is 8.42 Å². The maximum Gasteiger partial charge on any atom is 0.265 e. The molecule has 0 amide bonds. The van der Waals surface area contributed by atoms with Crippen LogP contribution in [0, 0.1) is 0 Å². The molecule has 1 saturated heterocycles. The highest BCUT2D eigenvalue weighted by Crippen LogP contribution is 2.30. The first-order valence-electron chi connectivity index (χ1n) is 9.15. The van der Waals surface area contributed by atoms with Gasteiger partial charge in [0.05, 0.1) is 26.9 Å². The van der Waals surface area contributed by atoms with E-state index in [1.165, 1.54) is 20.3 Å². The van der Waals surface area contributed by atoms with Crippen molar-refractivity contribution in [3.05, 3.63) is 48.0 Å². The lowest BCUT2D eigenvalue weighted by atomic mass is 10.1. The molecule has 1 fully saturated rings. The van der Waals surface area contributed by atoms with Crippen LogP contribution in [-0.4, -0.2) is 53.8 Å². The second-order valence-corrected chi connectivity index (χ2v) is 8.15. The van der Waals surface area contributed by atoms with Gasteiger partial charge in [-0.05, 0) is 36.4 Å². The average Bonchev–Trinajstić information content (AvgIpc) is 2.73. The fraction of sp³-hybridized carbons (Fsp3) is 0.400. The highest BCUT2D eigenvalue weighted by molar-refractivity contribution is 7.92. The standard InChI is InChI=1S/C20H26N2O5S/c1-4-22-11-12-27-19(14-22)15-5-7-16(8-6-15)21-28(23,24)20-13-17(25-2)9-10-18(20)26-3/h5-10,13,19,21H,4,11-12,14H2,1-3H3. The Bertz CT molecular complexity index is 899. The molecule has 1 N–H and O–H groups in total. The molecule has 0 saturated carbocycles. The van der Waals surface area contributed by atoms with Crippen molar-refractivity contribution in [2.75, 3.05) is 45.2 Å². The Kier molecular flexibility index (Phi) is 6.43. The number of methoxy groups -OCH3 is 2. The Balaban J connectivity index is 1.78. The fourth-order valence-electron chi connectivity index (χ4n) is 3.16. The number of anilines is 1. The van der Waals surface area contributed by atoms with Gasteiger partial charge in [-0.3, -0.25) is 9.62 Å². The van der Waals surface area contributed by atoms with Gasteiger partial charge in [0.2, 0.25) is 0 Å². The summed E-state index contributed by atoms with van der Waals surface area (Å²) in [6, 6.07) is 11.9. The molecular weight excluding hydrogens is 380 g/mol. The van der Waals surface area contributed by atoms with Crippen molar-refractivity contribution < 1.29 is 22.6 Å². The van der Waals surface area contributed by atoms with Crippen LogP contribution in [0.25, 0.3) is 0 Å². The largest absolute Gasteiger partial charge is 0.497 e. The predicted octanol–water partition coefficient (Wildman–Crippen LogP) is 2.90. The molecule has 152 valence electrons. The Hall–Kier alpha value is -2.29. The van der Waals surface area contributed by atoms with Gasteiger partial charge in [0.25, 0.3) is 10.0 Å². The molecule has 0 spiro atoms. The number of sulfonamides is 1. The van der Waals surface area contributed by atoms with Crippen LogP contribution in [0.3, 0.4) is 0 Å². The van der Waals surface area contributed by atoms with E-state index in [1.807, 2.05) is 12.1 Å². The summed E-state index contributed by atoms with van der Waals surface area (Å²) in [5, 5.41) is 0. The van der Waals surface area contributed by atoms with Crippen LogP contribution in [0.15, 0.2) is 47.4 Å². The minimum Gasteiger partial charge on any atom is -0.497 e. The number of morpholine rings is 1. The van der Waals surface area contributed by atoms with E-state index in [-0.39, 0.29) is 16.7 Å². The van der Waals surface area contributed by atoms with E-state index in [9.17, 15) is 8.42 Å². The highest BCUT2D eigenvalue weighted by atomic mass is 32.2. The number of nitrogens with one attached hydrogen (secondary N) is 1. The number of hydrogen-bond donors (Lipinski definition) is 1. The maximum atomic E-state index is 12.8. The number of hydrogen-bond acceptors (Lipinski definition) is 6. The first-order chi connectivity index (χ1) is 13.5. The number of nitrogens with zero attached hydrogens (tertiary/aromatic N) is 1. The van der Waals surface area contributed by atoms with Crippen molar-refractivity contribution in [3.8, 4) is 11.5 Å². The molecule has 0 aliphatic carbocycles. The third-order valence-electron chi connectivity index (χ3n) is 4.79. The minimum absolute atomic E-state index is 0.00200. The van der Waals surface area contributed by atoms with E-state index in [2.05, 4.69) is 16.5 Å². The van der Waals surface area contributed by atoms with Crippen molar-refractivity contribution in [1.82, 2.24) is 4.90 Å². The van der Waals surface area contributed by atoms with Gasteiger partial charge in [-0.2, -0.15) is 0 Å². The normalized spacial score (nSPS) is 17.9. The first-order valence-corrected chi connectivity index (χ1v) is 10.6. The second kappa shape index (κ2) is 8.81. The zero-order valence-corrected chi connectivity index (χ0v) is 17.2. The zero-order valence-electron chi connectivity index (χ0n) is 16.3. The maximum absolute atomic E-state index is 12.8. The summed E-state index contributed by atoms with van der Waals surface area (Å²) in [4.78, 5) is 2.35. The van der Waals surface area contributed by atoms with Gasteiger partial charge in [-0.1, -0.05) is 19.1 Å². The van der Waals surface area contributed by atoms with E-state index in [0.717, 1.165) is 25.2 Å². The quantitative estimate of drug-likeness (QED) is 0.762. The van der Waals surface area contributed by atoms with E-state index in [0.29, 0.717) is 18.0 Å². The van der Waals surface area contributed by atoms with Crippen molar-refractivity contribution in [2.24, 2.45) is 0 Å². The van der Waals surface area contributed by atoms with E-state index < -0.39 is 10.0 Å². The van der Waals surface area contributed by atoms with Gasteiger partial charge < -0.3 is 14.2 Å². The van der Waals surface area contributed by atoms with Crippen molar-refractivity contribution in [1.29, 1.82) is 0 Å². The monoisotopic (exact) mass is 406 g/mol. The summed E-state index contributed by atoms with van der Waals surface area (Å²) >= 11 is 0. The molecule has 0 aromatic heterocycles. The van der Waals surface area contributed by atoms with Crippen LogP contribution in [0.1, 0.15) is 18.6 Å². The van der Waals surface area contributed by atoms with Crippen molar-refractivity contribution in [2.45, 2.75) is 17.9 Å². The van der Waals surface area contributed by atoms with Gasteiger partial charge in [-0.15, -0.1) is 0 Å². The lowest BCUT2D eigenvalue weighted by Gasteiger charge is -2.32. The first kappa shape index (κ1) is 20.4. The van der Waals surface area contributed by atoms with E-state index >= 15 is 0 Å². The summed E-state index contributed by atoms with van der Waals surface area (Å²) in [5.41, 5.74) is 1.50. The molecule has 3 rings (SSSR count). The number of ether oxygens (including phenoxy) is 3. The summed E-state index contributed by atoms with van der Waals surface area (Å²) in [6.45, 7) is 5.59. The third-order valence-corrected chi connectivity index (χ3v) is 6.20. The molecule has 2 aromatic rings. The minimum atomic E-state index is -3.83. The topological polar surface area (TPSA) is 77.1 Å². The van der Waals surface area contributed by atoms with Gasteiger partial charge in [0.15, 0.2) is 0 Å². The van der Waals surface area contributed by atoms with Crippen LogP contribution in [0.5, 0.6) is 11.5 Å². The molecule has 1 atom stereocenters. The van der Waals surface area contributed by atoms with Crippen LogP contribution in [-0.2, 0) is 14.8 Å². The lowest BCUT2D eigenvalue weighted by molar-refractivity contribution is -0.0281. The number of likely N-dealkylation sites (N-methyl/N-ethyl adjacent to an activating group) is 1. The van der Waals surface area contributed by atoms with Crippen molar-refractivity contribution in [3.63, 3.8) is 0 Å². The lowest BCUT2D eigenvalue weighted by Crippen LogP contribution is -2.38. The molecule has 0 bridgehead atoms. The summed E-state index contributed by atoms with van der Waals surface area (Å²) in [5.74, 6) is 0.687. The summed E-state index contributed by atoms with van der Waals surface area (Å²) in [7, 11) is -0.920. The Labute approximate surface area is 166 Å². The molecule has 1 heterocycles. The molecular formula is C20H26N2O5S. The van der Waals surface area contributed by atoms with Crippen LogP contribution < -0.4 is 14.2 Å². The molecule has 1 unspecified atom stereocenters. The second-order valence-electron chi connectivity index (χ2n) is 6.50. The Morgan fingerprint density at radius 1 is 1.14 bits per heavy atom. The van der Waals surface area contributed by atoms with Gasteiger partial charge in [0, 0.05) is 24.8 Å². The average molecular weight is 407 g/mol. The SMILES string of the molecule is CCN1CCOC(c2ccc(NS(=O)(=O)c3cc(OC)ccc3OC)cc2)C1. The smallest absolute Gasteiger partial charge is 0.265 e. The summed E-state index contributed by atoms with van der Waals surface area (Å²) in [6.07, 6.45) is -0.00200. The molecule has 7 nitrogen and oxygen atoms in total. The van der Waals surface area contributed by atoms with Crippen LogP contribution in [0.2, 0.25) is 0 Å². The predicted molar refractivity (Wildman–Crippen MR) is 108 cm³/mol. The molecule has 8 heteroatoms. The molecule has 1 aliphatic heterocycles.